The molecule has 1 spiro atoms. The summed E-state index contributed by atoms with van der Waals surface area (Å²) in [5.41, 5.74) is 0.569. The van der Waals surface area contributed by atoms with Gasteiger partial charge in [0.2, 0.25) is 0 Å². The Balaban J connectivity index is 1.41. The van der Waals surface area contributed by atoms with E-state index in [-0.39, 0.29) is 6.03 Å². The van der Waals surface area contributed by atoms with Gasteiger partial charge in [-0.15, -0.1) is 0 Å². The summed E-state index contributed by atoms with van der Waals surface area (Å²) >= 11 is 0. The molecule has 3 aliphatic rings. The molecule has 2 amide bonds. The minimum Gasteiger partial charge on any atom is -0.381 e. The molecule has 3 saturated heterocycles. The Bertz CT molecular complexity index is 319. The highest BCUT2D eigenvalue weighted by molar-refractivity contribution is 5.76. The van der Waals surface area contributed by atoms with Crippen molar-refractivity contribution in [2.75, 3.05) is 52.5 Å². The van der Waals surface area contributed by atoms with Gasteiger partial charge in [0.1, 0.15) is 0 Å². The fourth-order valence-corrected chi connectivity index (χ4v) is 3.54. The van der Waals surface area contributed by atoms with Crippen molar-refractivity contribution in [2.45, 2.75) is 25.7 Å². The molecule has 0 unspecified atom stereocenters. The first-order valence-electron chi connectivity index (χ1n) is 7.60. The lowest BCUT2D eigenvalue weighted by atomic mass is 9.72. The van der Waals surface area contributed by atoms with Gasteiger partial charge in [0.15, 0.2) is 0 Å². The summed E-state index contributed by atoms with van der Waals surface area (Å²) in [6.45, 7) is 7.87. The topological polar surface area (TPSA) is 44.8 Å². The molecule has 0 aromatic rings. The second-order valence-corrected chi connectivity index (χ2v) is 6.17. The average molecular weight is 267 g/mol. The number of urea groups is 1. The first-order chi connectivity index (χ1) is 9.27. The first kappa shape index (κ1) is 13.2. The summed E-state index contributed by atoms with van der Waals surface area (Å²) in [7, 11) is 0. The van der Waals surface area contributed by atoms with Crippen LogP contribution in [0.2, 0.25) is 0 Å². The molecule has 3 rings (SSSR count). The van der Waals surface area contributed by atoms with Gasteiger partial charge in [-0.05, 0) is 44.2 Å². The Morgan fingerprint density at radius 1 is 1.05 bits per heavy atom. The molecule has 0 radical (unpaired) electrons. The van der Waals surface area contributed by atoms with E-state index in [1.54, 1.807) is 0 Å². The summed E-state index contributed by atoms with van der Waals surface area (Å²) in [6.07, 6.45) is 5.11. The standard InChI is InChI=1S/C14H25N3O2/c18-13-15-5-8-17(13)10-9-16-6-1-14(2-7-16)3-11-19-12-4-14/h1-12H2,(H,15,18). The van der Waals surface area contributed by atoms with Crippen LogP contribution in [0.25, 0.3) is 0 Å². The number of carbonyl (C=O) groups is 1. The molecule has 3 heterocycles. The van der Waals surface area contributed by atoms with Crippen molar-refractivity contribution < 1.29 is 9.53 Å². The van der Waals surface area contributed by atoms with E-state index in [2.05, 4.69) is 10.2 Å². The predicted molar refractivity (Wildman–Crippen MR) is 73.1 cm³/mol. The van der Waals surface area contributed by atoms with Crippen molar-refractivity contribution in [1.29, 1.82) is 0 Å². The normalized spacial score (nSPS) is 27.8. The van der Waals surface area contributed by atoms with Crippen LogP contribution < -0.4 is 5.32 Å². The summed E-state index contributed by atoms with van der Waals surface area (Å²) in [4.78, 5) is 15.9. The maximum absolute atomic E-state index is 11.5. The summed E-state index contributed by atoms with van der Waals surface area (Å²) in [6, 6.07) is 0.109. The number of piperidine rings is 1. The number of rotatable bonds is 3. The number of amides is 2. The Kier molecular flexibility index (Phi) is 3.93. The number of nitrogens with zero attached hydrogens (tertiary/aromatic N) is 2. The third-order valence-electron chi connectivity index (χ3n) is 5.10. The van der Waals surface area contributed by atoms with Gasteiger partial charge in [-0.25, -0.2) is 4.79 Å². The maximum atomic E-state index is 11.5. The second-order valence-electron chi connectivity index (χ2n) is 6.17. The lowest BCUT2D eigenvalue weighted by Crippen LogP contribution is -2.45. The van der Waals surface area contributed by atoms with Gasteiger partial charge in [-0.2, -0.15) is 0 Å². The molecular formula is C14H25N3O2. The zero-order valence-corrected chi connectivity index (χ0v) is 11.7. The van der Waals surface area contributed by atoms with Gasteiger partial charge in [0, 0.05) is 39.4 Å². The molecule has 0 aromatic carbocycles. The molecule has 19 heavy (non-hydrogen) atoms. The quantitative estimate of drug-likeness (QED) is 0.826. The van der Waals surface area contributed by atoms with Gasteiger partial charge in [0.25, 0.3) is 0 Å². The molecule has 0 aromatic heterocycles. The number of likely N-dealkylation sites (tertiary alicyclic amines) is 1. The Morgan fingerprint density at radius 3 is 2.42 bits per heavy atom. The number of ether oxygens (including phenoxy) is 1. The number of carbonyl (C=O) groups excluding carboxylic acids is 1. The maximum Gasteiger partial charge on any atom is 0.317 e. The van der Waals surface area contributed by atoms with Crippen molar-refractivity contribution in [2.24, 2.45) is 5.41 Å². The highest BCUT2D eigenvalue weighted by atomic mass is 16.5. The van der Waals surface area contributed by atoms with Crippen LogP contribution in [0.15, 0.2) is 0 Å². The molecule has 5 nitrogen and oxygen atoms in total. The number of hydrogen-bond acceptors (Lipinski definition) is 3. The van der Waals surface area contributed by atoms with Gasteiger partial charge in [-0.1, -0.05) is 0 Å². The molecule has 0 bridgehead atoms. The monoisotopic (exact) mass is 267 g/mol. The number of hydrogen-bond donors (Lipinski definition) is 1. The average Bonchev–Trinajstić information content (AvgIpc) is 2.85. The van der Waals surface area contributed by atoms with E-state index in [9.17, 15) is 4.79 Å². The summed E-state index contributed by atoms with van der Waals surface area (Å²) in [5, 5.41) is 2.86. The Morgan fingerprint density at radius 2 is 1.79 bits per heavy atom. The molecule has 0 aliphatic carbocycles. The molecule has 1 N–H and O–H groups in total. The minimum atomic E-state index is 0.109. The lowest BCUT2D eigenvalue weighted by molar-refractivity contribution is -0.0210. The van der Waals surface area contributed by atoms with Crippen LogP contribution in [0.4, 0.5) is 4.79 Å². The summed E-state index contributed by atoms with van der Waals surface area (Å²) in [5.74, 6) is 0. The van der Waals surface area contributed by atoms with E-state index in [1.807, 2.05) is 4.90 Å². The zero-order valence-electron chi connectivity index (χ0n) is 11.7. The van der Waals surface area contributed by atoms with Crippen LogP contribution in [0, 0.1) is 5.41 Å². The van der Waals surface area contributed by atoms with Crippen LogP contribution in [0.5, 0.6) is 0 Å². The van der Waals surface area contributed by atoms with Crippen LogP contribution in [-0.2, 0) is 4.74 Å². The van der Waals surface area contributed by atoms with Gasteiger partial charge in [0.05, 0.1) is 0 Å². The molecule has 3 fully saturated rings. The highest BCUT2D eigenvalue weighted by Crippen LogP contribution is 2.40. The smallest absolute Gasteiger partial charge is 0.317 e. The van der Waals surface area contributed by atoms with E-state index in [0.29, 0.717) is 5.41 Å². The highest BCUT2D eigenvalue weighted by Gasteiger charge is 2.36. The zero-order chi connectivity index (χ0) is 13.1. The van der Waals surface area contributed by atoms with Gasteiger partial charge < -0.3 is 19.9 Å². The first-order valence-corrected chi connectivity index (χ1v) is 7.60. The van der Waals surface area contributed by atoms with Gasteiger partial charge in [-0.3, -0.25) is 0 Å². The predicted octanol–water partition coefficient (Wildman–Crippen LogP) is 0.904. The summed E-state index contributed by atoms with van der Waals surface area (Å²) < 4.78 is 5.49. The third-order valence-corrected chi connectivity index (χ3v) is 5.10. The Labute approximate surface area is 115 Å². The van der Waals surface area contributed by atoms with E-state index in [0.717, 1.165) is 39.4 Å². The SMILES string of the molecule is O=C1NCCN1CCN1CCC2(CCOCC2)CC1. The van der Waals surface area contributed by atoms with Crippen LogP contribution in [0.3, 0.4) is 0 Å². The second kappa shape index (κ2) is 5.67. The van der Waals surface area contributed by atoms with Crippen molar-refractivity contribution in [3.05, 3.63) is 0 Å². The molecular weight excluding hydrogens is 242 g/mol. The molecule has 5 heteroatoms. The lowest BCUT2D eigenvalue weighted by Gasteiger charge is -2.44. The Hall–Kier alpha value is -0.810. The van der Waals surface area contributed by atoms with E-state index in [1.165, 1.54) is 38.8 Å². The van der Waals surface area contributed by atoms with Crippen LogP contribution in [-0.4, -0.2) is 68.3 Å². The third kappa shape index (κ3) is 3.03. The molecule has 0 saturated carbocycles. The van der Waals surface area contributed by atoms with Crippen molar-refractivity contribution >= 4 is 6.03 Å². The molecule has 3 aliphatic heterocycles. The van der Waals surface area contributed by atoms with Crippen molar-refractivity contribution in [3.8, 4) is 0 Å². The van der Waals surface area contributed by atoms with Crippen LogP contribution in [0.1, 0.15) is 25.7 Å². The fourth-order valence-electron chi connectivity index (χ4n) is 3.54. The van der Waals surface area contributed by atoms with Crippen molar-refractivity contribution in [3.63, 3.8) is 0 Å². The van der Waals surface area contributed by atoms with Gasteiger partial charge >= 0.3 is 6.03 Å². The minimum absolute atomic E-state index is 0.109. The molecule has 0 atom stereocenters. The van der Waals surface area contributed by atoms with E-state index >= 15 is 0 Å². The van der Waals surface area contributed by atoms with Crippen LogP contribution >= 0.6 is 0 Å². The largest absolute Gasteiger partial charge is 0.381 e. The molecule has 108 valence electrons. The van der Waals surface area contributed by atoms with E-state index < -0.39 is 0 Å². The fraction of sp³-hybridized carbons (Fsp3) is 0.929. The number of nitrogens with one attached hydrogen (secondary N) is 1. The van der Waals surface area contributed by atoms with E-state index in [4.69, 9.17) is 4.74 Å². The van der Waals surface area contributed by atoms with Crippen molar-refractivity contribution in [1.82, 2.24) is 15.1 Å².